The third-order valence-electron chi connectivity index (χ3n) is 3.52. The van der Waals surface area contributed by atoms with Crippen molar-refractivity contribution in [1.82, 2.24) is 5.43 Å². The van der Waals surface area contributed by atoms with Crippen LogP contribution in [0.4, 0.5) is 0 Å². The van der Waals surface area contributed by atoms with Gasteiger partial charge in [-0.25, -0.2) is 0 Å². The summed E-state index contributed by atoms with van der Waals surface area (Å²) < 4.78 is 6.83. The van der Waals surface area contributed by atoms with E-state index in [1.54, 1.807) is 6.21 Å². The Labute approximate surface area is 150 Å². The van der Waals surface area contributed by atoms with Crippen LogP contribution in [0.1, 0.15) is 31.4 Å². The number of halogens is 2. The van der Waals surface area contributed by atoms with Crippen molar-refractivity contribution in [1.29, 1.82) is 0 Å². The molecular formula is C17H19BrClN3O. The molecule has 6 heteroatoms. The minimum absolute atomic E-state index is 0. The van der Waals surface area contributed by atoms with Crippen LogP contribution in [0.2, 0.25) is 0 Å². The van der Waals surface area contributed by atoms with Crippen molar-refractivity contribution in [3.8, 4) is 11.3 Å². The van der Waals surface area contributed by atoms with Gasteiger partial charge in [-0.15, -0.1) is 12.4 Å². The van der Waals surface area contributed by atoms with Crippen molar-refractivity contribution in [2.45, 2.75) is 25.7 Å². The Kier molecular flexibility index (Phi) is 6.86. The third-order valence-corrected chi connectivity index (χ3v) is 4.04. The van der Waals surface area contributed by atoms with Crippen LogP contribution in [0.15, 0.2) is 55.4 Å². The van der Waals surface area contributed by atoms with E-state index in [2.05, 4.69) is 31.4 Å². The summed E-state index contributed by atoms with van der Waals surface area (Å²) in [5.74, 6) is 2.52. The molecule has 0 bridgehead atoms. The van der Waals surface area contributed by atoms with Crippen molar-refractivity contribution in [2.24, 2.45) is 10.1 Å². The van der Waals surface area contributed by atoms with Gasteiger partial charge in [0.25, 0.3) is 0 Å². The van der Waals surface area contributed by atoms with E-state index in [1.165, 1.54) is 19.3 Å². The van der Waals surface area contributed by atoms with Gasteiger partial charge < -0.3 is 4.42 Å². The molecule has 1 aliphatic rings. The van der Waals surface area contributed by atoms with Crippen molar-refractivity contribution < 1.29 is 4.42 Å². The molecule has 0 spiro atoms. The van der Waals surface area contributed by atoms with E-state index in [9.17, 15) is 0 Å². The van der Waals surface area contributed by atoms with E-state index in [4.69, 9.17) is 4.42 Å². The van der Waals surface area contributed by atoms with Gasteiger partial charge >= 0.3 is 0 Å². The molecule has 0 saturated carbocycles. The normalized spacial score (nSPS) is 14.9. The van der Waals surface area contributed by atoms with Crippen molar-refractivity contribution in [3.05, 3.63) is 46.6 Å². The minimum atomic E-state index is 0. The van der Waals surface area contributed by atoms with E-state index in [-0.39, 0.29) is 12.4 Å². The summed E-state index contributed by atoms with van der Waals surface area (Å²) in [4.78, 5) is 4.47. The molecule has 1 aromatic carbocycles. The summed E-state index contributed by atoms with van der Waals surface area (Å²) >= 11 is 3.43. The summed E-state index contributed by atoms with van der Waals surface area (Å²) in [6.45, 7) is 0.895. The first-order valence-corrected chi connectivity index (χ1v) is 8.29. The Balaban J connectivity index is 0.00000192. The monoisotopic (exact) mass is 395 g/mol. The molecular weight excluding hydrogens is 378 g/mol. The number of nitrogens with one attached hydrogen (secondary N) is 1. The predicted octanol–water partition coefficient (Wildman–Crippen LogP) is 5.03. The molecule has 0 amide bonds. The molecule has 0 fully saturated rings. The molecule has 1 aromatic heterocycles. The number of rotatable bonds is 3. The first kappa shape index (κ1) is 17.8. The Morgan fingerprint density at radius 3 is 2.74 bits per heavy atom. The van der Waals surface area contributed by atoms with Gasteiger partial charge in [0, 0.05) is 23.0 Å². The fraction of sp³-hybridized carbons (Fsp3) is 0.294. The van der Waals surface area contributed by atoms with Crippen molar-refractivity contribution >= 4 is 40.4 Å². The van der Waals surface area contributed by atoms with Gasteiger partial charge in [-0.3, -0.25) is 10.4 Å². The lowest BCUT2D eigenvalue weighted by atomic mass is 10.2. The highest BCUT2D eigenvalue weighted by molar-refractivity contribution is 9.10. The number of hydrogen-bond donors (Lipinski definition) is 1. The number of aliphatic imine (C=N–C) groups is 1. The second kappa shape index (κ2) is 8.89. The number of nitrogens with zero attached hydrogens (tertiary/aromatic N) is 2. The Morgan fingerprint density at radius 1 is 1.09 bits per heavy atom. The number of benzene rings is 1. The quantitative estimate of drug-likeness (QED) is 0.584. The smallest absolute Gasteiger partial charge is 0.147 e. The maximum absolute atomic E-state index is 5.78. The molecule has 4 nitrogen and oxygen atoms in total. The van der Waals surface area contributed by atoms with Gasteiger partial charge in [-0.1, -0.05) is 34.5 Å². The Bertz CT molecular complexity index is 679. The average Bonchev–Trinajstić information content (AvgIpc) is 2.84. The van der Waals surface area contributed by atoms with Crippen LogP contribution in [-0.4, -0.2) is 18.6 Å². The SMILES string of the molecule is Brc1ccc(-c2ccc(/C=N/NC3=NCCCCC3)o2)cc1.Cl. The van der Waals surface area contributed by atoms with Gasteiger partial charge in [0.2, 0.25) is 0 Å². The van der Waals surface area contributed by atoms with Crippen molar-refractivity contribution in [2.75, 3.05) is 6.54 Å². The van der Waals surface area contributed by atoms with E-state index in [0.29, 0.717) is 0 Å². The molecule has 0 atom stereocenters. The van der Waals surface area contributed by atoms with E-state index in [0.717, 1.165) is 40.4 Å². The summed E-state index contributed by atoms with van der Waals surface area (Å²) in [6, 6.07) is 11.9. The molecule has 1 N–H and O–H groups in total. The number of furan rings is 1. The van der Waals surface area contributed by atoms with Crippen LogP contribution in [0.25, 0.3) is 11.3 Å². The third kappa shape index (κ3) is 5.22. The molecule has 3 rings (SSSR count). The zero-order valence-electron chi connectivity index (χ0n) is 12.7. The van der Waals surface area contributed by atoms with E-state index >= 15 is 0 Å². The molecule has 23 heavy (non-hydrogen) atoms. The van der Waals surface area contributed by atoms with Crippen LogP contribution in [-0.2, 0) is 0 Å². The average molecular weight is 397 g/mol. The Hall–Kier alpha value is -1.59. The number of amidine groups is 1. The van der Waals surface area contributed by atoms with Crippen LogP contribution in [0.3, 0.4) is 0 Å². The number of hydrazone groups is 1. The van der Waals surface area contributed by atoms with Gasteiger partial charge in [-0.05, 0) is 37.1 Å². The molecule has 0 unspecified atom stereocenters. The molecule has 2 heterocycles. The van der Waals surface area contributed by atoms with Gasteiger partial charge in [0.05, 0.1) is 6.21 Å². The molecule has 0 aliphatic carbocycles. The van der Waals surface area contributed by atoms with Crippen LogP contribution in [0.5, 0.6) is 0 Å². The Morgan fingerprint density at radius 2 is 1.91 bits per heavy atom. The lowest BCUT2D eigenvalue weighted by Gasteiger charge is -2.01. The van der Waals surface area contributed by atoms with E-state index < -0.39 is 0 Å². The second-order valence-electron chi connectivity index (χ2n) is 5.22. The summed E-state index contributed by atoms with van der Waals surface area (Å²) in [5.41, 5.74) is 4.07. The summed E-state index contributed by atoms with van der Waals surface area (Å²) in [5, 5.41) is 4.22. The van der Waals surface area contributed by atoms with E-state index in [1.807, 2.05) is 36.4 Å². The number of hydrogen-bond acceptors (Lipinski definition) is 4. The molecule has 1 aliphatic heterocycles. The predicted molar refractivity (Wildman–Crippen MR) is 101 cm³/mol. The highest BCUT2D eigenvalue weighted by atomic mass is 79.9. The van der Waals surface area contributed by atoms with Gasteiger partial charge in [0.1, 0.15) is 17.4 Å². The standard InChI is InChI=1S/C17H18BrN3O.ClH/c18-14-7-5-13(6-8-14)16-10-9-15(22-16)12-20-21-17-4-2-1-3-11-19-17;/h5-10,12H,1-4,11H2,(H,19,21);1H/b20-12+;. The first-order chi connectivity index (χ1) is 10.8. The maximum atomic E-state index is 5.78. The largest absolute Gasteiger partial charge is 0.455 e. The zero-order valence-corrected chi connectivity index (χ0v) is 15.1. The maximum Gasteiger partial charge on any atom is 0.147 e. The summed E-state index contributed by atoms with van der Waals surface area (Å²) in [7, 11) is 0. The lowest BCUT2D eigenvalue weighted by molar-refractivity contribution is 0.574. The van der Waals surface area contributed by atoms with Crippen LogP contribution < -0.4 is 5.43 Å². The second-order valence-corrected chi connectivity index (χ2v) is 6.13. The molecule has 2 aromatic rings. The zero-order chi connectivity index (χ0) is 15.2. The lowest BCUT2D eigenvalue weighted by Crippen LogP contribution is -2.17. The fourth-order valence-corrected chi connectivity index (χ4v) is 2.59. The summed E-state index contributed by atoms with van der Waals surface area (Å²) in [6.07, 6.45) is 6.25. The highest BCUT2D eigenvalue weighted by Gasteiger charge is 2.04. The van der Waals surface area contributed by atoms with Crippen LogP contribution in [0, 0.1) is 0 Å². The molecule has 0 radical (unpaired) electrons. The topological polar surface area (TPSA) is 49.9 Å². The first-order valence-electron chi connectivity index (χ1n) is 7.49. The highest BCUT2D eigenvalue weighted by Crippen LogP contribution is 2.23. The fourth-order valence-electron chi connectivity index (χ4n) is 2.33. The van der Waals surface area contributed by atoms with Gasteiger partial charge in [0.15, 0.2) is 0 Å². The molecule has 122 valence electrons. The van der Waals surface area contributed by atoms with Crippen molar-refractivity contribution in [3.63, 3.8) is 0 Å². The minimum Gasteiger partial charge on any atom is -0.455 e. The van der Waals surface area contributed by atoms with Gasteiger partial charge in [-0.2, -0.15) is 5.10 Å². The molecule has 0 saturated heterocycles. The van der Waals surface area contributed by atoms with Crippen LogP contribution >= 0.6 is 28.3 Å².